The summed E-state index contributed by atoms with van der Waals surface area (Å²) in [6.45, 7) is 0. The summed E-state index contributed by atoms with van der Waals surface area (Å²) >= 11 is 0. The summed E-state index contributed by atoms with van der Waals surface area (Å²) in [5, 5.41) is 5.33. The summed E-state index contributed by atoms with van der Waals surface area (Å²) in [6, 6.07) is 61.0. The van der Waals surface area contributed by atoms with E-state index in [2.05, 4.69) is 170 Å². The minimum absolute atomic E-state index is 0.441. The number of benzene rings is 8. The zero-order chi connectivity index (χ0) is 34.0. The molecule has 2 aliphatic rings. The lowest BCUT2D eigenvalue weighted by atomic mass is 9.70. The first-order chi connectivity index (χ1) is 25.8. The number of nitrogens with zero attached hydrogens (tertiary/aromatic N) is 2. The van der Waals surface area contributed by atoms with Crippen LogP contribution in [0.4, 0.5) is 0 Å². The fourth-order valence-electron chi connectivity index (χ4n) is 9.45. The summed E-state index contributed by atoms with van der Waals surface area (Å²) in [5.41, 5.74) is 15.4. The quantitative estimate of drug-likeness (QED) is 0.185. The summed E-state index contributed by atoms with van der Waals surface area (Å²) in [5.74, 6) is 0.706. The van der Waals surface area contributed by atoms with Gasteiger partial charge in [-0.3, -0.25) is 0 Å². The fourth-order valence-corrected chi connectivity index (χ4v) is 9.45. The summed E-state index contributed by atoms with van der Waals surface area (Å²) in [7, 11) is 0. The second-order valence-electron chi connectivity index (χ2n) is 14.0. The molecule has 3 nitrogen and oxygen atoms in total. The van der Waals surface area contributed by atoms with Gasteiger partial charge in [-0.2, -0.15) is 0 Å². The lowest BCUT2D eigenvalue weighted by Gasteiger charge is -2.30. The Morgan fingerprint density at radius 1 is 0.423 bits per heavy atom. The second-order valence-corrected chi connectivity index (χ2v) is 14.0. The monoisotopic (exact) mass is 660 g/mol. The van der Waals surface area contributed by atoms with Crippen molar-refractivity contribution >= 4 is 43.6 Å². The van der Waals surface area contributed by atoms with Crippen LogP contribution < -0.4 is 0 Å². The molecule has 0 bridgehead atoms. The first-order valence-corrected chi connectivity index (χ1v) is 17.8. The van der Waals surface area contributed by atoms with Crippen molar-refractivity contribution in [1.29, 1.82) is 0 Å². The molecule has 0 saturated heterocycles. The van der Waals surface area contributed by atoms with Crippen LogP contribution in [0.2, 0.25) is 0 Å². The van der Waals surface area contributed by atoms with E-state index in [1.165, 1.54) is 44.5 Å². The molecule has 0 saturated carbocycles. The van der Waals surface area contributed by atoms with E-state index in [0.717, 1.165) is 60.4 Å². The maximum Gasteiger partial charge on any atom is 0.161 e. The standard InChI is InChI=1S/C49H28N2O/c1-2-14-30(15-3-1)45-37-27-28-42-44(35-26-25-29-13-4-5-16-31(29)47(35)52-42)46(37)51-48(50-45)36-20-12-24-41-43(36)34-19-8-11-23-40(34)49(41)38-21-9-6-17-32(38)33-18-7-10-22-39(33)49/h1-28H. The normalized spacial score (nSPS) is 13.5. The van der Waals surface area contributed by atoms with E-state index in [9.17, 15) is 0 Å². The first-order valence-electron chi connectivity index (χ1n) is 17.8. The number of hydrogen-bond acceptors (Lipinski definition) is 3. The Labute approximate surface area is 299 Å². The van der Waals surface area contributed by atoms with Gasteiger partial charge in [-0.1, -0.05) is 152 Å². The van der Waals surface area contributed by atoms with Crippen molar-refractivity contribution in [3.05, 3.63) is 192 Å². The number of rotatable bonds is 2. The molecular weight excluding hydrogens is 633 g/mol. The van der Waals surface area contributed by atoms with Crippen LogP contribution in [0.5, 0.6) is 0 Å². The maximum absolute atomic E-state index is 6.65. The minimum atomic E-state index is -0.441. The van der Waals surface area contributed by atoms with E-state index < -0.39 is 5.41 Å². The van der Waals surface area contributed by atoms with Crippen LogP contribution in [0.1, 0.15) is 22.3 Å². The van der Waals surface area contributed by atoms with Crippen molar-refractivity contribution in [3.63, 3.8) is 0 Å². The van der Waals surface area contributed by atoms with Gasteiger partial charge in [0.2, 0.25) is 0 Å². The van der Waals surface area contributed by atoms with Crippen LogP contribution in [0.15, 0.2) is 174 Å². The van der Waals surface area contributed by atoms with Crippen molar-refractivity contribution in [3.8, 4) is 44.9 Å². The Hall–Kier alpha value is -6.84. The van der Waals surface area contributed by atoms with Gasteiger partial charge in [0, 0.05) is 27.3 Å². The van der Waals surface area contributed by atoms with Crippen LogP contribution in [0.3, 0.4) is 0 Å². The lowest BCUT2D eigenvalue weighted by Crippen LogP contribution is -2.25. The van der Waals surface area contributed by atoms with Crippen molar-refractivity contribution in [2.75, 3.05) is 0 Å². The molecule has 2 aliphatic carbocycles. The summed E-state index contributed by atoms with van der Waals surface area (Å²) in [4.78, 5) is 11.0. The van der Waals surface area contributed by atoms with Crippen LogP contribution in [0, 0.1) is 0 Å². The van der Waals surface area contributed by atoms with Crippen molar-refractivity contribution in [2.45, 2.75) is 5.41 Å². The predicted octanol–water partition coefficient (Wildman–Crippen LogP) is 12.4. The molecule has 2 aromatic heterocycles. The molecule has 0 fully saturated rings. The van der Waals surface area contributed by atoms with E-state index in [4.69, 9.17) is 14.4 Å². The molecule has 0 atom stereocenters. The Balaban J connectivity index is 1.21. The highest BCUT2D eigenvalue weighted by atomic mass is 16.3. The molecule has 0 radical (unpaired) electrons. The number of fused-ring (bicyclic) bond motifs is 17. The van der Waals surface area contributed by atoms with E-state index in [-0.39, 0.29) is 0 Å². The number of hydrogen-bond donors (Lipinski definition) is 0. The third-order valence-corrected chi connectivity index (χ3v) is 11.5. The Bertz CT molecular complexity index is 3090. The molecule has 10 aromatic rings. The Morgan fingerprint density at radius 2 is 1.04 bits per heavy atom. The highest BCUT2D eigenvalue weighted by Gasteiger charge is 2.52. The van der Waals surface area contributed by atoms with Crippen LogP contribution in [-0.4, -0.2) is 9.97 Å². The van der Waals surface area contributed by atoms with E-state index in [1.54, 1.807) is 0 Å². The first kappa shape index (κ1) is 27.9. The molecule has 0 unspecified atom stereocenters. The van der Waals surface area contributed by atoms with Crippen LogP contribution >= 0.6 is 0 Å². The Morgan fingerprint density at radius 3 is 1.83 bits per heavy atom. The van der Waals surface area contributed by atoms with E-state index in [1.807, 2.05) is 0 Å². The van der Waals surface area contributed by atoms with Crippen LogP contribution in [0.25, 0.3) is 88.5 Å². The van der Waals surface area contributed by atoms with Gasteiger partial charge < -0.3 is 4.42 Å². The van der Waals surface area contributed by atoms with E-state index >= 15 is 0 Å². The third kappa shape index (κ3) is 3.45. The SMILES string of the molecule is c1ccc(-c2nc(-c3cccc4c3-c3ccccc3C43c4ccccc4-c4ccccc43)nc3c2ccc2oc4c5ccccc5ccc4c23)cc1. The highest BCUT2D eigenvalue weighted by Crippen LogP contribution is 2.63. The Kier molecular flexibility index (Phi) is 5.43. The van der Waals surface area contributed by atoms with Gasteiger partial charge in [-0.25, -0.2) is 9.97 Å². The molecule has 0 amide bonds. The number of furan rings is 1. The zero-order valence-corrected chi connectivity index (χ0v) is 28.0. The topological polar surface area (TPSA) is 38.9 Å². The van der Waals surface area contributed by atoms with Crippen molar-refractivity contribution in [1.82, 2.24) is 9.97 Å². The van der Waals surface area contributed by atoms with Gasteiger partial charge in [-0.15, -0.1) is 0 Å². The average molecular weight is 661 g/mol. The van der Waals surface area contributed by atoms with Gasteiger partial charge in [0.25, 0.3) is 0 Å². The fraction of sp³-hybridized carbons (Fsp3) is 0.0204. The molecule has 12 rings (SSSR count). The van der Waals surface area contributed by atoms with Crippen molar-refractivity contribution in [2.24, 2.45) is 0 Å². The van der Waals surface area contributed by atoms with Gasteiger partial charge in [0.1, 0.15) is 11.2 Å². The largest absolute Gasteiger partial charge is 0.455 e. The second kappa shape index (κ2) is 10.1. The average Bonchev–Trinajstić information content (AvgIpc) is 3.85. The third-order valence-electron chi connectivity index (χ3n) is 11.5. The smallest absolute Gasteiger partial charge is 0.161 e. The van der Waals surface area contributed by atoms with Gasteiger partial charge >= 0.3 is 0 Å². The molecule has 0 N–H and O–H groups in total. The van der Waals surface area contributed by atoms with Crippen molar-refractivity contribution < 1.29 is 4.42 Å². The van der Waals surface area contributed by atoms with Gasteiger partial charge in [0.05, 0.1) is 22.0 Å². The molecule has 8 aromatic carbocycles. The minimum Gasteiger partial charge on any atom is -0.455 e. The lowest BCUT2D eigenvalue weighted by molar-refractivity contribution is 0.673. The zero-order valence-electron chi connectivity index (χ0n) is 28.0. The maximum atomic E-state index is 6.65. The molecule has 240 valence electrons. The van der Waals surface area contributed by atoms with Gasteiger partial charge in [-0.05, 0) is 68.1 Å². The molecule has 52 heavy (non-hydrogen) atoms. The molecule has 3 heteroatoms. The molecule has 0 aliphatic heterocycles. The molecule has 1 spiro atoms. The predicted molar refractivity (Wildman–Crippen MR) is 211 cm³/mol. The summed E-state index contributed by atoms with van der Waals surface area (Å²) in [6.07, 6.45) is 0. The van der Waals surface area contributed by atoms with E-state index in [0.29, 0.717) is 5.82 Å². The summed E-state index contributed by atoms with van der Waals surface area (Å²) < 4.78 is 6.65. The van der Waals surface area contributed by atoms with Gasteiger partial charge in [0.15, 0.2) is 5.82 Å². The number of aromatic nitrogens is 2. The van der Waals surface area contributed by atoms with Crippen LogP contribution in [-0.2, 0) is 5.41 Å². The molecular formula is C49H28N2O. The highest BCUT2D eigenvalue weighted by molar-refractivity contribution is 6.23. The molecule has 2 heterocycles.